The molecule has 2 N–H and O–H groups in total. The van der Waals surface area contributed by atoms with Crippen molar-refractivity contribution in [3.05, 3.63) is 124 Å². The van der Waals surface area contributed by atoms with Gasteiger partial charge in [0.1, 0.15) is 5.82 Å². The second-order valence-electron chi connectivity index (χ2n) is 8.40. The summed E-state index contributed by atoms with van der Waals surface area (Å²) in [7, 11) is 0. The second kappa shape index (κ2) is 10.1. The molecule has 0 radical (unpaired) electrons. The summed E-state index contributed by atoms with van der Waals surface area (Å²) in [6.07, 6.45) is 0. The van der Waals surface area contributed by atoms with Crippen LogP contribution in [-0.2, 0) is 6.54 Å². The molecule has 0 spiro atoms. The number of urea groups is 1. The largest absolute Gasteiger partial charge is 0.323 e. The van der Waals surface area contributed by atoms with Crippen LogP contribution >= 0.6 is 11.6 Å². The lowest BCUT2D eigenvalue weighted by molar-refractivity contribution is 0.262. The third-order valence-corrected chi connectivity index (χ3v) is 6.24. The standard InChI is InChI=1S/C29H23ClN4O2/c1-19-31-27-16-15-23(33-29(36)32-22-7-3-2-4-8-22)17-25(27)28(35)34(19)18-20-11-13-21(14-12-20)24-9-5-6-10-26(24)30/h2-17H,18H2,1H3,(H2,32,33,36). The van der Waals surface area contributed by atoms with E-state index in [1.807, 2.05) is 73.7 Å². The van der Waals surface area contributed by atoms with Crippen LogP contribution in [0.15, 0.2) is 102 Å². The van der Waals surface area contributed by atoms with Crippen LogP contribution in [0.1, 0.15) is 11.4 Å². The number of nitrogens with zero attached hydrogens (tertiary/aromatic N) is 2. The van der Waals surface area contributed by atoms with Gasteiger partial charge >= 0.3 is 6.03 Å². The average molecular weight is 495 g/mol. The van der Waals surface area contributed by atoms with E-state index in [1.165, 1.54) is 0 Å². The molecule has 0 saturated carbocycles. The minimum atomic E-state index is -0.389. The number of anilines is 2. The van der Waals surface area contributed by atoms with Crippen molar-refractivity contribution >= 4 is 39.9 Å². The summed E-state index contributed by atoms with van der Waals surface area (Å²) in [4.78, 5) is 30.4. The Hall–Kier alpha value is -4.42. The molecule has 2 amide bonds. The monoisotopic (exact) mass is 494 g/mol. The first kappa shape index (κ1) is 23.3. The molecule has 0 saturated heterocycles. The van der Waals surface area contributed by atoms with Crippen molar-refractivity contribution in [3.8, 4) is 11.1 Å². The van der Waals surface area contributed by atoms with E-state index in [0.29, 0.717) is 39.7 Å². The fourth-order valence-corrected chi connectivity index (χ4v) is 4.32. The number of hydrogen-bond acceptors (Lipinski definition) is 3. The van der Waals surface area contributed by atoms with Crippen molar-refractivity contribution < 1.29 is 4.79 Å². The van der Waals surface area contributed by atoms with Gasteiger partial charge in [-0.1, -0.05) is 72.3 Å². The summed E-state index contributed by atoms with van der Waals surface area (Å²) in [5.74, 6) is 0.616. The van der Waals surface area contributed by atoms with E-state index >= 15 is 0 Å². The number of hydrogen-bond donors (Lipinski definition) is 2. The van der Waals surface area contributed by atoms with Crippen molar-refractivity contribution in [2.75, 3.05) is 10.6 Å². The zero-order valence-corrected chi connectivity index (χ0v) is 20.3. The molecule has 0 fully saturated rings. The molecule has 0 aliphatic rings. The van der Waals surface area contributed by atoms with E-state index in [9.17, 15) is 9.59 Å². The number of fused-ring (bicyclic) bond motifs is 1. The van der Waals surface area contributed by atoms with Gasteiger partial charge in [0.15, 0.2) is 0 Å². The first-order valence-corrected chi connectivity index (χ1v) is 11.8. The normalized spacial score (nSPS) is 10.8. The third-order valence-electron chi connectivity index (χ3n) is 5.91. The highest BCUT2D eigenvalue weighted by Gasteiger charge is 2.11. The summed E-state index contributed by atoms with van der Waals surface area (Å²) < 4.78 is 1.64. The lowest BCUT2D eigenvalue weighted by atomic mass is 10.0. The van der Waals surface area contributed by atoms with Crippen LogP contribution in [0, 0.1) is 6.92 Å². The number of halogens is 1. The molecule has 5 rings (SSSR count). The quantitative estimate of drug-likeness (QED) is 0.285. The Labute approximate surface area is 213 Å². The zero-order chi connectivity index (χ0) is 25.1. The van der Waals surface area contributed by atoms with Crippen molar-refractivity contribution in [3.63, 3.8) is 0 Å². The lowest BCUT2D eigenvalue weighted by Crippen LogP contribution is -2.25. The van der Waals surface area contributed by atoms with E-state index in [2.05, 4.69) is 15.6 Å². The van der Waals surface area contributed by atoms with Crippen LogP contribution in [-0.4, -0.2) is 15.6 Å². The topological polar surface area (TPSA) is 76.0 Å². The van der Waals surface area contributed by atoms with Gasteiger partial charge in [0, 0.05) is 22.0 Å². The number of nitrogens with one attached hydrogen (secondary N) is 2. The van der Waals surface area contributed by atoms with Gasteiger partial charge in [-0.15, -0.1) is 0 Å². The molecule has 36 heavy (non-hydrogen) atoms. The van der Waals surface area contributed by atoms with E-state index in [0.717, 1.165) is 16.7 Å². The van der Waals surface area contributed by atoms with Crippen LogP contribution in [0.25, 0.3) is 22.0 Å². The Balaban J connectivity index is 1.39. The third kappa shape index (κ3) is 4.99. The molecule has 1 heterocycles. The van der Waals surface area contributed by atoms with Crippen LogP contribution in [0.3, 0.4) is 0 Å². The Kier molecular flexibility index (Phi) is 6.52. The summed E-state index contributed by atoms with van der Waals surface area (Å²) in [5, 5.41) is 6.68. The molecule has 4 aromatic carbocycles. The maximum absolute atomic E-state index is 13.4. The molecule has 178 valence electrons. The highest BCUT2D eigenvalue weighted by Crippen LogP contribution is 2.27. The maximum atomic E-state index is 13.4. The molecule has 0 atom stereocenters. The first-order chi connectivity index (χ1) is 17.5. The highest BCUT2D eigenvalue weighted by molar-refractivity contribution is 6.33. The van der Waals surface area contributed by atoms with Gasteiger partial charge in [-0.2, -0.15) is 0 Å². The van der Waals surface area contributed by atoms with Gasteiger partial charge < -0.3 is 10.6 Å². The fourth-order valence-electron chi connectivity index (χ4n) is 4.08. The number of carbonyl (C=O) groups is 1. The smallest absolute Gasteiger partial charge is 0.308 e. The maximum Gasteiger partial charge on any atom is 0.323 e. The van der Waals surface area contributed by atoms with Crippen LogP contribution in [0.5, 0.6) is 0 Å². The Morgan fingerprint density at radius 1 is 0.861 bits per heavy atom. The van der Waals surface area contributed by atoms with Gasteiger partial charge in [-0.25, -0.2) is 9.78 Å². The molecular weight excluding hydrogens is 472 g/mol. The average Bonchev–Trinajstić information content (AvgIpc) is 2.88. The molecule has 1 aromatic heterocycles. The number of aryl methyl sites for hydroxylation is 1. The number of aromatic nitrogens is 2. The fraction of sp³-hybridized carbons (Fsp3) is 0.0690. The summed E-state index contributed by atoms with van der Waals surface area (Å²) in [5.41, 5.74) is 4.54. The van der Waals surface area contributed by atoms with Gasteiger partial charge in [-0.05, 0) is 54.4 Å². The minimum Gasteiger partial charge on any atom is -0.308 e. The molecule has 5 aromatic rings. The van der Waals surface area contributed by atoms with E-state index in [1.54, 1.807) is 34.9 Å². The molecule has 0 unspecified atom stereocenters. The van der Waals surface area contributed by atoms with Crippen LogP contribution in [0.2, 0.25) is 5.02 Å². The molecule has 0 aliphatic carbocycles. The minimum absolute atomic E-state index is 0.167. The number of carbonyl (C=O) groups excluding carboxylic acids is 1. The molecule has 0 bridgehead atoms. The summed E-state index contributed by atoms with van der Waals surface area (Å²) in [6.45, 7) is 2.20. The number of rotatable bonds is 5. The predicted molar refractivity (Wildman–Crippen MR) is 146 cm³/mol. The zero-order valence-electron chi connectivity index (χ0n) is 19.5. The SMILES string of the molecule is Cc1nc2ccc(NC(=O)Nc3ccccc3)cc2c(=O)n1Cc1ccc(-c2ccccc2Cl)cc1. The van der Waals surface area contributed by atoms with E-state index in [-0.39, 0.29) is 11.6 Å². The van der Waals surface area contributed by atoms with Gasteiger partial charge in [0.25, 0.3) is 5.56 Å². The predicted octanol–water partition coefficient (Wildman–Crippen LogP) is 6.72. The van der Waals surface area contributed by atoms with Gasteiger partial charge in [0.2, 0.25) is 0 Å². The van der Waals surface area contributed by atoms with Crippen molar-refractivity contribution in [1.82, 2.24) is 9.55 Å². The highest BCUT2D eigenvalue weighted by atomic mass is 35.5. The molecule has 6 nitrogen and oxygen atoms in total. The Morgan fingerprint density at radius 2 is 1.56 bits per heavy atom. The van der Waals surface area contributed by atoms with Crippen molar-refractivity contribution in [2.45, 2.75) is 13.5 Å². The number of amides is 2. The van der Waals surface area contributed by atoms with Crippen molar-refractivity contribution in [1.29, 1.82) is 0 Å². The number of para-hydroxylation sites is 1. The molecular formula is C29H23ClN4O2. The van der Waals surface area contributed by atoms with Gasteiger partial charge in [0.05, 0.1) is 17.4 Å². The van der Waals surface area contributed by atoms with E-state index in [4.69, 9.17) is 11.6 Å². The van der Waals surface area contributed by atoms with Crippen LogP contribution < -0.4 is 16.2 Å². The molecule has 0 aliphatic heterocycles. The number of benzene rings is 4. The first-order valence-electron chi connectivity index (χ1n) is 11.5. The Bertz CT molecular complexity index is 1610. The van der Waals surface area contributed by atoms with Crippen molar-refractivity contribution in [2.24, 2.45) is 0 Å². The second-order valence-corrected chi connectivity index (χ2v) is 8.81. The summed E-state index contributed by atoms with van der Waals surface area (Å²) >= 11 is 6.33. The lowest BCUT2D eigenvalue weighted by Gasteiger charge is -2.13. The Morgan fingerprint density at radius 3 is 2.31 bits per heavy atom. The van der Waals surface area contributed by atoms with Gasteiger partial charge in [-0.3, -0.25) is 9.36 Å². The van der Waals surface area contributed by atoms with Crippen LogP contribution in [0.4, 0.5) is 16.2 Å². The summed E-state index contributed by atoms with van der Waals surface area (Å²) in [6, 6.07) is 29.6. The van der Waals surface area contributed by atoms with E-state index < -0.39 is 0 Å². The molecule has 7 heteroatoms.